The van der Waals surface area contributed by atoms with Crippen LogP contribution in [0.25, 0.3) is 10.9 Å². The van der Waals surface area contributed by atoms with Gasteiger partial charge in [-0.05, 0) is 68.3 Å². The Morgan fingerprint density at radius 3 is 2.82 bits per heavy atom. The number of pyridine rings is 1. The molecule has 4 rings (SSSR count). The Bertz CT molecular complexity index is 991. The zero-order valence-electron chi connectivity index (χ0n) is 15.5. The van der Waals surface area contributed by atoms with Crippen molar-refractivity contribution in [2.75, 3.05) is 11.9 Å². The van der Waals surface area contributed by atoms with Crippen molar-refractivity contribution in [2.45, 2.75) is 31.9 Å². The normalized spacial score (nSPS) is 19.4. The molecular weight excluding hydrogens is 359 g/mol. The molecule has 28 heavy (non-hydrogen) atoms. The topological polar surface area (TPSA) is 60.5 Å². The number of fused-ring (bicyclic) bond motifs is 1. The van der Waals surface area contributed by atoms with Gasteiger partial charge < -0.3 is 14.8 Å². The molecule has 1 fully saturated rings. The lowest BCUT2D eigenvalue weighted by atomic mass is 10.0. The van der Waals surface area contributed by atoms with Crippen LogP contribution < -0.4 is 10.1 Å². The highest BCUT2D eigenvalue weighted by atomic mass is 19.1. The van der Waals surface area contributed by atoms with Crippen molar-refractivity contribution in [3.63, 3.8) is 0 Å². The number of benzene rings is 2. The highest BCUT2D eigenvalue weighted by Gasteiger charge is 2.19. The van der Waals surface area contributed by atoms with Gasteiger partial charge in [0.2, 0.25) is 0 Å². The molecule has 0 amide bonds. The summed E-state index contributed by atoms with van der Waals surface area (Å²) in [7, 11) is 0. The van der Waals surface area contributed by atoms with E-state index in [9.17, 15) is 9.18 Å². The van der Waals surface area contributed by atoms with Crippen molar-refractivity contribution in [3.05, 3.63) is 66.1 Å². The van der Waals surface area contributed by atoms with Crippen LogP contribution in [-0.2, 0) is 4.74 Å². The number of esters is 1. The molecule has 1 aromatic heterocycles. The maximum atomic E-state index is 13.0. The fourth-order valence-electron chi connectivity index (χ4n) is 3.37. The molecule has 0 radical (unpaired) electrons. The molecule has 1 N–H and O–H groups in total. The van der Waals surface area contributed by atoms with Gasteiger partial charge in [0.1, 0.15) is 11.6 Å². The third kappa shape index (κ3) is 4.28. The molecule has 0 spiro atoms. The Labute approximate surface area is 162 Å². The fraction of sp³-hybridized carbons (Fsp3) is 0.273. The SMILES string of the molecule is CC1CC(Nc2cnc3ccc(C(=O)Oc4ccc(F)cc4)cc3c2)CCO1. The predicted molar refractivity (Wildman–Crippen MR) is 105 cm³/mol. The van der Waals surface area contributed by atoms with Crippen LogP contribution >= 0.6 is 0 Å². The molecule has 144 valence electrons. The molecule has 1 aliphatic rings. The predicted octanol–water partition coefficient (Wildman–Crippen LogP) is 4.57. The van der Waals surface area contributed by atoms with Gasteiger partial charge in [-0.2, -0.15) is 0 Å². The first-order chi connectivity index (χ1) is 13.6. The van der Waals surface area contributed by atoms with Crippen LogP contribution in [0.1, 0.15) is 30.1 Å². The first-order valence-corrected chi connectivity index (χ1v) is 9.32. The zero-order valence-corrected chi connectivity index (χ0v) is 15.5. The zero-order chi connectivity index (χ0) is 19.5. The highest BCUT2D eigenvalue weighted by Crippen LogP contribution is 2.23. The maximum Gasteiger partial charge on any atom is 0.343 e. The summed E-state index contributed by atoms with van der Waals surface area (Å²) >= 11 is 0. The number of hydrogen-bond donors (Lipinski definition) is 1. The van der Waals surface area contributed by atoms with Gasteiger partial charge in [-0.3, -0.25) is 4.98 Å². The third-order valence-corrected chi connectivity index (χ3v) is 4.80. The van der Waals surface area contributed by atoms with Crippen LogP contribution in [0.4, 0.5) is 10.1 Å². The first kappa shape index (κ1) is 18.4. The Hall–Kier alpha value is -2.99. The lowest BCUT2D eigenvalue weighted by Gasteiger charge is -2.28. The van der Waals surface area contributed by atoms with E-state index in [0.717, 1.165) is 36.0 Å². The Morgan fingerprint density at radius 1 is 1.21 bits per heavy atom. The molecule has 0 saturated carbocycles. The quantitative estimate of drug-likeness (QED) is 0.531. The van der Waals surface area contributed by atoms with Crippen molar-refractivity contribution >= 4 is 22.6 Å². The number of hydrogen-bond acceptors (Lipinski definition) is 5. The molecular formula is C22H21FN2O3. The van der Waals surface area contributed by atoms with E-state index in [1.54, 1.807) is 24.4 Å². The summed E-state index contributed by atoms with van der Waals surface area (Å²) in [5.41, 5.74) is 2.12. The minimum atomic E-state index is -0.495. The summed E-state index contributed by atoms with van der Waals surface area (Å²) in [5.74, 6) is -0.575. The number of nitrogens with one attached hydrogen (secondary N) is 1. The van der Waals surface area contributed by atoms with E-state index in [4.69, 9.17) is 9.47 Å². The molecule has 1 aliphatic heterocycles. The minimum Gasteiger partial charge on any atom is -0.423 e. The number of ether oxygens (including phenoxy) is 2. The average Bonchev–Trinajstić information content (AvgIpc) is 2.69. The number of anilines is 1. The molecule has 2 unspecified atom stereocenters. The molecule has 2 atom stereocenters. The molecule has 0 bridgehead atoms. The molecule has 1 saturated heterocycles. The van der Waals surface area contributed by atoms with Crippen LogP contribution in [0.2, 0.25) is 0 Å². The van der Waals surface area contributed by atoms with Gasteiger partial charge in [0.15, 0.2) is 0 Å². The summed E-state index contributed by atoms with van der Waals surface area (Å²) in [6, 6.07) is 12.9. The van der Waals surface area contributed by atoms with Gasteiger partial charge in [0, 0.05) is 18.0 Å². The number of aromatic nitrogens is 1. The van der Waals surface area contributed by atoms with Gasteiger partial charge in [0.05, 0.1) is 29.1 Å². The molecule has 2 heterocycles. The smallest absolute Gasteiger partial charge is 0.343 e. The van der Waals surface area contributed by atoms with E-state index in [-0.39, 0.29) is 11.9 Å². The van der Waals surface area contributed by atoms with E-state index in [2.05, 4.69) is 17.2 Å². The van der Waals surface area contributed by atoms with Gasteiger partial charge in [-0.1, -0.05) is 0 Å². The average molecular weight is 380 g/mol. The number of nitrogens with zero attached hydrogens (tertiary/aromatic N) is 1. The number of rotatable bonds is 4. The van der Waals surface area contributed by atoms with E-state index in [1.807, 2.05) is 6.07 Å². The summed E-state index contributed by atoms with van der Waals surface area (Å²) in [6.07, 6.45) is 3.94. The number of carbonyl (C=O) groups excluding carboxylic acids is 1. The molecule has 5 nitrogen and oxygen atoms in total. The summed E-state index contributed by atoms with van der Waals surface area (Å²) in [4.78, 5) is 16.9. The van der Waals surface area contributed by atoms with E-state index in [0.29, 0.717) is 17.4 Å². The monoisotopic (exact) mass is 380 g/mol. The third-order valence-electron chi connectivity index (χ3n) is 4.80. The Balaban J connectivity index is 1.52. The first-order valence-electron chi connectivity index (χ1n) is 9.32. The lowest BCUT2D eigenvalue weighted by Crippen LogP contribution is -2.32. The molecule has 0 aliphatic carbocycles. The van der Waals surface area contributed by atoms with Crippen LogP contribution in [0.5, 0.6) is 5.75 Å². The minimum absolute atomic E-state index is 0.243. The summed E-state index contributed by atoms with van der Waals surface area (Å²) < 4.78 is 23.9. The van der Waals surface area contributed by atoms with Gasteiger partial charge >= 0.3 is 5.97 Å². The Kier molecular flexibility index (Phi) is 5.21. The summed E-state index contributed by atoms with van der Waals surface area (Å²) in [5, 5.41) is 4.35. The van der Waals surface area contributed by atoms with Crippen molar-refractivity contribution < 1.29 is 18.7 Å². The second-order valence-electron chi connectivity index (χ2n) is 7.02. The van der Waals surface area contributed by atoms with Crippen molar-refractivity contribution in [1.29, 1.82) is 0 Å². The second-order valence-corrected chi connectivity index (χ2v) is 7.02. The van der Waals surface area contributed by atoms with Crippen LogP contribution in [-0.4, -0.2) is 29.7 Å². The van der Waals surface area contributed by atoms with Crippen molar-refractivity contribution in [3.8, 4) is 5.75 Å². The van der Waals surface area contributed by atoms with Gasteiger partial charge in [-0.25, -0.2) is 9.18 Å². The largest absolute Gasteiger partial charge is 0.423 e. The van der Waals surface area contributed by atoms with Crippen LogP contribution in [0, 0.1) is 5.82 Å². The Morgan fingerprint density at radius 2 is 2.04 bits per heavy atom. The fourth-order valence-corrected chi connectivity index (χ4v) is 3.37. The maximum absolute atomic E-state index is 13.0. The van der Waals surface area contributed by atoms with Crippen molar-refractivity contribution in [1.82, 2.24) is 4.98 Å². The van der Waals surface area contributed by atoms with Gasteiger partial charge in [-0.15, -0.1) is 0 Å². The van der Waals surface area contributed by atoms with Crippen molar-refractivity contribution in [2.24, 2.45) is 0 Å². The van der Waals surface area contributed by atoms with Gasteiger partial charge in [0.25, 0.3) is 0 Å². The molecule has 3 aromatic rings. The number of halogens is 1. The highest BCUT2D eigenvalue weighted by molar-refractivity contribution is 5.96. The second kappa shape index (κ2) is 7.94. The lowest BCUT2D eigenvalue weighted by molar-refractivity contribution is 0.0232. The van der Waals surface area contributed by atoms with E-state index >= 15 is 0 Å². The van der Waals surface area contributed by atoms with E-state index < -0.39 is 5.97 Å². The standard InChI is InChI=1S/C22H21FN2O3/c1-14-10-18(8-9-27-14)25-19-12-16-11-15(2-7-21(16)24-13-19)22(26)28-20-5-3-17(23)4-6-20/h2-7,11-14,18,25H,8-10H2,1H3. The van der Waals surface area contributed by atoms with Crippen LogP contribution in [0.15, 0.2) is 54.7 Å². The van der Waals surface area contributed by atoms with Crippen LogP contribution in [0.3, 0.4) is 0 Å². The number of carbonyl (C=O) groups is 1. The van der Waals surface area contributed by atoms with E-state index in [1.165, 1.54) is 24.3 Å². The summed E-state index contributed by atoms with van der Waals surface area (Å²) in [6.45, 7) is 2.82. The molecule has 6 heteroatoms. The molecule has 2 aromatic carbocycles.